The maximum absolute atomic E-state index is 12.9. The van der Waals surface area contributed by atoms with Crippen LogP contribution in [-0.2, 0) is 9.53 Å². The van der Waals surface area contributed by atoms with Gasteiger partial charge in [0.05, 0.1) is 24.0 Å². The Morgan fingerprint density at radius 2 is 1.83 bits per heavy atom. The van der Waals surface area contributed by atoms with Crippen molar-refractivity contribution in [3.05, 3.63) is 82.9 Å². The summed E-state index contributed by atoms with van der Waals surface area (Å²) >= 11 is 6.11. The molecule has 8 heteroatoms. The molecule has 7 nitrogen and oxygen atoms in total. The van der Waals surface area contributed by atoms with Gasteiger partial charge in [0.15, 0.2) is 5.69 Å². The van der Waals surface area contributed by atoms with E-state index in [-0.39, 0.29) is 5.69 Å². The number of amides is 1. The van der Waals surface area contributed by atoms with Crippen molar-refractivity contribution in [2.75, 3.05) is 12.4 Å². The zero-order chi connectivity index (χ0) is 20.8. The number of nitrogens with zero attached hydrogens (tertiary/aromatic N) is 2. The normalized spacial score (nSPS) is 11.4. The molecular formula is C21H18ClN3O4. The lowest BCUT2D eigenvalue weighted by Crippen LogP contribution is -2.26. The van der Waals surface area contributed by atoms with Gasteiger partial charge >= 0.3 is 5.97 Å². The third kappa shape index (κ3) is 5.08. The Hall–Kier alpha value is -3.45. The van der Waals surface area contributed by atoms with E-state index < -0.39 is 18.0 Å². The third-order valence-electron chi connectivity index (χ3n) is 3.97. The van der Waals surface area contributed by atoms with Crippen molar-refractivity contribution in [1.82, 2.24) is 9.97 Å². The Bertz CT molecular complexity index is 1010. The van der Waals surface area contributed by atoms with Gasteiger partial charge in [-0.1, -0.05) is 41.9 Å². The highest BCUT2D eigenvalue weighted by Gasteiger charge is 2.26. The van der Waals surface area contributed by atoms with E-state index in [2.05, 4.69) is 15.3 Å². The number of aryl methyl sites for hydroxylation is 1. The van der Waals surface area contributed by atoms with Gasteiger partial charge in [-0.05, 0) is 25.1 Å². The molecule has 0 aliphatic heterocycles. The monoisotopic (exact) mass is 411 g/mol. The van der Waals surface area contributed by atoms with E-state index >= 15 is 0 Å². The van der Waals surface area contributed by atoms with Crippen molar-refractivity contribution in [2.45, 2.75) is 13.0 Å². The van der Waals surface area contributed by atoms with Crippen LogP contribution in [-0.4, -0.2) is 29.0 Å². The summed E-state index contributed by atoms with van der Waals surface area (Å²) in [5.41, 5.74) is 1.62. The second-order valence-corrected chi connectivity index (χ2v) is 6.48. The molecule has 0 bridgehead atoms. The molecule has 0 aliphatic rings. The molecule has 0 radical (unpaired) electrons. The van der Waals surface area contributed by atoms with Crippen LogP contribution in [0.4, 0.5) is 5.69 Å². The Labute approximate surface area is 172 Å². The summed E-state index contributed by atoms with van der Waals surface area (Å²) in [5, 5.41) is 3.05. The summed E-state index contributed by atoms with van der Waals surface area (Å²) in [7, 11) is 1.50. The number of carbonyl (C=O) groups is 2. The van der Waals surface area contributed by atoms with Gasteiger partial charge in [0.1, 0.15) is 5.75 Å². The van der Waals surface area contributed by atoms with Crippen LogP contribution in [0, 0.1) is 6.92 Å². The molecule has 1 N–H and O–H groups in total. The maximum Gasteiger partial charge on any atom is 0.359 e. The second-order valence-electron chi connectivity index (χ2n) is 6.08. The van der Waals surface area contributed by atoms with Gasteiger partial charge in [-0.3, -0.25) is 9.78 Å². The first-order valence-electron chi connectivity index (χ1n) is 8.67. The van der Waals surface area contributed by atoms with Gasteiger partial charge in [-0.2, -0.15) is 0 Å². The summed E-state index contributed by atoms with van der Waals surface area (Å²) in [6, 6.07) is 13.5. The molecule has 0 saturated heterocycles. The van der Waals surface area contributed by atoms with E-state index in [4.69, 9.17) is 21.1 Å². The number of halogens is 1. The van der Waals surface area contributed by atoms with Crippen LogP contribution >= 0.6 is 11.6 Å². The highest BCUT2D eigenvalue weighted by molar-refractivity contribution is 6.32. The second kappa shape index (κ2) is 9.16. The van der Waals surface area contributed by atoms with Crippen molar-refractivity contribution < 1.29 is 19.1 Å². The summed E-state index contributed by atoms with van der Waals surface area (Å²) in [4.78, 5) is 33.4. The molecule has 0 saturated carbocycles. The molecular weight excluding hydrogens is 394 g/mol. The van der Waals surface area contributed by atoms with E-state index in [0.717, 1.165) is 0 Å². The van der Waals surface area contributed by atoms with Crippen LogP contribution in [0.2, 0.25) is 5.02 Å². The first kappa shape index (κ1) is 20.3. The van der Waals surface area contributed by atoms with E-state index in [1.165, 1.54) is 19.5 Å². The van der Waals surface area contributed by atoms with Crippen LogP contribution in [0.25, 0.3) is 0 Å². The zero-order valence-electron chi connectivity index (χ0n) is 15.8. The molecule has 29 heavy (non-hydrogen) atoms. The molecule has 2 aromatic carbocycles. The van der Waals surface area contributed by atoms with Gasteiger partial charge in [0.25, 0.3) is 5.91 Å². The van der Waals surface area contributed by atoms with Gasteiger partial charge < -0.3 is 14.8 Å². The van der Waals surface area contributed by atoms with Crippen LogP contribution in [0.5, 0.6) is 5.75 Å². The average Bonchev–Trinajstić information content (AvgIpc) is 2.73. The predicted octanol–water partition coefficient (Wildman–Crippen LogP) is 3.98. The Morgan fingerprint density at radius 3 is 2.45 bits per heavy atom. The van der Waals surface area contributed by atoms with Crippen LogP contribution in [0.3, 0.4) is 0 Å². The fraction of sp³-hybridized carbons (Fsp3) is 0.143. The minimum Gasteiger partial charge on any atom is -0.495 e. The smallest absolute Gasteiger partial charge is 0.359 e. The summed E-state index contributed by atoms with van der Waals surface area (Å²) in [6.07, 6.45) is 1.57. The quantitative estimate of drug-likeness (QED) is 0.617. The minimum atomic E-state index is -1.19. The molecule has 3 aromatic rings. The molecule has 1 heterocycles. The Morgan fingerprint density at radius 1 is 1.07 bits per heavy atom. The number of ether oxygens (including phenoxy) is 2. The first-order chi connectivity index (χ1) is 14.0. The van der Waals surface area contributed by atoms with E-state index in [1.807, 2.05) is 0 Å². The number of aromatic nitrogens is 2. The lowest BCUT2D eigenvalue weighted by molar-refractivity contribution is -0.125. The molecule has 0 aliphatic carbocycles. The topological polar surface area (TPSA) is 90.4 Å². The molecule has 148 valence electrons. The minimum absolute atomic E-state index is 0.0109. The fourth-order valence-electron chi connectivity index (χ4n) is 2.52. The van der Waals surface area contributed by atoms with Crippen molar-refractivity contribution in [1.29, 1.82) is 0 Å². The largest absolute Gasteiger partial charge is 0.495 e. The molecule has 1 aromatic heterocycles. The lowest BCUT2D eigenvalue weighted by Gasteiger charge is -2.18. The van der Waals surface area contributed by atoms with Gasteiger partial charge in [-0.15, -0.1) is 0 Å². The van der Waals surface area contributed by atoms with Crippen LogP contribution < -0.4 is 10.1 Å². The molecule has 1 atom stereocenters. The number of esters is 1. The zero-order valence-corrected chi connectivity index (χ0v) is 16.5. The maximum atomic E-state index is 12.9. The number of carbonyl (C=O) groups excluding carboxylic acids is 2. The summed E-state index contributed by atoms with van der Waals surface area (Å²) in [6.45, 7) is 1.75. The number of hydrogen-bond donors (Lipinski definition) is 1. The number of rotatable bonds is 6. The number of methoxy groups -OCH3 is 1. The summed E-state index contributed by atoms with van der Waals surface area (Å²) < 4.78 is 10.6. The highest BCUT2D eigenvalue weighted by atomic mass is 35.5. The average molecular weight is 412 g/mol. The number of nitrogens with one attached hydrogen (secondary N) is 1. The van der Waals surface area contributed by atoms with E-state index in [9.17, 15) is 9.59 Å². The standard InChI is InChI=1S/C21H18ClN3O4/c1-13-11-24-17(12-23-13)21(27)29-19(14-6-4-3-5-7-14)20(26)25-15-8-9-18(28-2)16(22)10-15/h3-12,19H,1-2H3,(H,25,26)/t19-/m0/s1. The molecule has 0 unspecified atom stereocenters. The number of benzene rings is 2. The molecule has 0 spiro atoms. The van der Waals surface area contributed by atoms with Crippen molar-refractivity contribution in [2.24, 2.45) is 0 Å². The summed E-state index contributed by atoms with van der Waals surface area (Å²) in [5.74, 6) is -0.811. The van der Waals surface area contributed by atoms with Gasteiger partial charge in [-0.25, -0.2) is 9.78 Å². The number of hydrogen-bond acceptors (Lipinski definition) is 6. The predicted molar refractivity (Wildman–Crippen MR) is 108 cm³/mol. The van der Waals surface area contributed by atoms with Crippen molar-refractivity contribution in [3.63, 3.8) is 0 Å². The van der Waals surface area contributed by atoms with Gasteiger partial charge in [0.2, 0.25) is 6.10 Å². The van der Waals surface area contributed by atoms with E-state index in [0.29, 0.717) is 27.7 Å². The fourth-order valence-corrected chi connectivity index (χ4v) is 2.78. The highest BCUT2D eigenvalue weighted by Crippen LogP contribution is 2.28. The molecule has 0 fully saturated rings. The first-order valence-corrected chi connectivity index (χ1v) is 9.04. The van der Waals surface area contributed by atoms with Gasteiger partial charge in [0, 0.05) is 17.4 Å². The van der Waals surface area contributed by atoms with Crippen molar-refractivity contribution >= 4 is 29.2 Å². The van der Waals surface area contributed by atoms with Crippen molar-refractivity contribution in [3.8, 4) is 5.75 Å². The Kier molecular flexibility index (Phi) is 6.41. The third-order valence-corrected chi connectivity index (χ3v) is 4.27. The molecule has 3 rings (SSSR count). The van der Waals surface area contributed by atoms with Crippen LogP contribution in [0.1, 0.15) is 27.8 Å². The van der Waals surface area contributed by atoms with Crippen LogP contribution in [0.15, 0.2) is 60.9 Å². The lowest BCUT2D eigenvalue weighted by atomic mass is 10.1. The molecule has 1 amide bonds. The van der Waals surface area contributed by atoms with E-state index in [1.54, 1.807) is 55.5 Å². The Balaban J connectivity index is 1.83. The SMILES string of the molecule is COc1ccc(NC(=O)[C@@H](OC(=O)c2cnc(C)cn2)c2ccccc2)cc1Cl. The number of anilines is 1.